The predicted octanol–water partition coefficient (Wildman–Crippen LogP) is 7.92. The summed E-state index contributed by atoms with van der Waals surface area (Å²) in [7, 11) is 0. The van der Waals surface area contributed by atoms with Crippen LogP contribution in [-0.2, 0) is 9.53 Å². The number of nitrogens with zero attached hydrogens (tertiary/aromatic N) is 1. The maximum absolute atomic E-state index is 12.4. The van der Waals surface area contributed by atoms with Crippen molar-refractivity contribution in [2.75, 3.05) is 0 Å². The van der Waals surface area contributed by atoms with Crippen LogP contribution in [0.4, 0.5) is 0 Å². The maximum Gasteiger partial charge on any atom is 0.306 e. The van der Waals surface area contributed by atoms with Gasteiger partial charge in [0.1, 0.15) is 6.10 Å². The molecule has 6 unspecified atom stereocenters. The summed E-state index contributed by atoms with van der Waals surface area (Å²) in [6, 6.07) is 4.32. The van der Waals surface area contributed by atoms with E-state index in [0.717, 1.165) is 43.4 Å². The van der Waals surface area contributed by atoms with Crippen molar-refractivity contribution < 1.29 is 9.53 Å². The average Bonchev–Trinajstić information content (AvgIpc) is 3.20. The number of unbranched alkanes of at least 4 members (excludes halogenated alkanes) is 3. The molecule has 0 radical (unpaired) electrons. The molecule has 4 aliphatic carbocycles. The molecule has 2 fully saturated rings. The third-order valence-electron chi connectivity index (χ3n) is 10.1. The van der Waals surface area contributed by atoms with Gasteiger partial charge in [-0.15, -0.1) is 0 Å². The van der Waals surface area contributed by atoms with E-state index in [9.17, 15) is 4.79 Å². The lowest BCUT2D eigenvalue weighted by molar-refractivity contribution is -0.151. The summed E-state index contributed by atoms with van der Waals surface area (Å²) in [5.74, 6) is 2.27. The minimum Gasteiger partial charge on any atom is -0.462 e. The minimum atomic E-state index is 0.0207. The van der Waals surface area contributed by atoms with Crippen molar-refractivity contribution in [1.29, 1.82) is 0 Å². The van der Waals surface area contributed by atoms with Gasteiger partial charge >= 0.3 is 5.97 Å². The Morgan fingerprint density at radius 3 is 2.71 bits per heavy atom. The molecular weight excluding hydrogens is 418 g/mol. The van der Waals surface area contributed by atoms with Crippen LogP contribution in [0.15, 0.2) is 42.3 Å². The summed E-state index contributed by atoms with van der Waals surface area (Å²) in [4.78, 5) is 16.8. The molecular formula is C31H43NO2. The van der Waals surface area contributed by atoms with Crippen molar-refractivity contribution >= 4 is 11.5 Å². The van der Waals surface area contributed by atoms with Gasteiger partial charge in [-0.1, -0.05) is 63.8 Å². The lowest BCUT2D eigenvalue weighted by Gasteiger charge is -2.57. The van der Waals surface area contributed by atoms with Crippen LogP contribution in [0.25, 0.3) is 5.57 Å². The Hall–Kier alpha value is -1.90. The molecule has 1 aromatic rings. The molecule has 34 heavy (non-hydrogen) atoms. The van der Waals surface area contributed by atoms with E-state index in [2.05, 4.69) is 56.2 Å². The lowest BCUT2D eigenvalue weighted by atomic mass is 9.47. The van der Waals surface area contributed by atoms with Gasteiger partial charge < -0.3 is 4.74 Å². The SMILES string of the molecule is CCCCCCC(=O)OC1CCC2(C)C(=CCC3C2CCC2(C)C(c4cccnc4)=CCC32)C1. The quantitative estimate of drug-likeness (QED) is 0.235. The van der Waals surface area contributed by atoms with Crippen molar-refractivity contribution in [3.63, 3.8) is 0 Å². The second-order valence-electron chi connectivity index (χ2n) is 12.0. The first-order valence-corrected chi connectivity index (χ1v) is 14.0. The van der Waals surface area contributed by atoms with Gasteiger partial charge in [0, 0.05) is 25.2 Å². The molecule has 0 saturated heterocycles. The number of ether oxygens (including phenoxy) is 1. The monoisotopic (exact) mass is 461 g/mol. The van der Waals surface area contributed by atoms with Crippen LogP contribution in [0.5, 0.6) is 0 Å². The van der Waals surface area contributed by atoms with Gasteiger partial charge in [-0.25, -0.2) is 0 Å². The first kappa shape index (κ1) is 23.8. The Morgan fingerprint density at radius 1 is 1.06 bits per heavy atom. The number of pyridine rings is 1. The third kappa shape index (κ3) is 4.18. The lowest BCUT2D eigenvalue weighted by Crippen LogP contribution is -2.50. The van der Waals surface area contributed by atoms with Crippen molar-refractivity contribution in [2.45, 2.75) is 104 Å². The first-order valence-electron chi connectivity index (χ1n) is 14.0. The van der Waals surface area contributed by atoms with Gasteiger partial charge in [0.05, 0.1) is 0 Å². The molecule has 1 aromatic heterocycles. The van der Waals surface area contributed by atoms with Crippen LogP contribution >= 0.6 is 0 Å². The number of fused-ring (bicyclic) bond motifs is 5. The number of aromatic nitrogens is 1. The molecule has 0 amide bonds. The molecule has 1 heterocycles. The Bertz CT molecular complexity index is 949. The van der Waals surface area contributed by atoms with Crippen molar-refractivity contribution in [3.05, 3.63) is 47.8 Å². The molecule has 0 aromatic carbocycles. The number of hydrogen-bond acceptors (Lipinski definition) is 3. The van der Waals surface area contributed by atoms with Crippen molar-refractivity contribution in [1.82, 2.24) is 4.98 Å². The molecule has 3 nitrogen and oxygen atoms in total. The molecule has 5 rings (SSSR count). The number of rotatable bonds is 7. The van der Waals surface area contributed by atoms with E-state index in [1.807, 2.05) is 6.20 Å². The minimum absolute atomic E-state index is 0.0207. The van der Waals surface area contributed by atoms with Crippen LogP contribution < -0.4 is 0 Å². The van der Waals surface area contributed by atoms with Gasteiger partial charge in [-0.3, -0.25) is 9.78 Å². The number of allylic oxidation sites excluding steroid dienone is 3. The third-order valence-corrected chi connectivity index (χ3v) is 10.1. The van der Waals surface area contributed by atoms with Gasteiger partial charge in [0.15, 0.2) is 0 Å². The van der Waals surface area contributed by atoms with E-state index in [-0.39, 0.29) is 22.9 Å². The number of hydrogen-bond donors (Lipinski definition) is 0. The Morgan fingerprint density at radius 2 is 1.91 bits per heavy atom. The Balaban J connectivity index is 1.26. The fourth-order valence-electron chi connectivity index (χ4n) is 8.21. The number of carbonyl (C=O) groups excluding carboxylic acids is 1. The summed E-state index contributed by atoms with van der Waals surface area (Å²) < 4.78 is 5.96. The normalized spacial score (nSPS) is 36.6. The van der Waals surface area contributed by atoms with E-state index in [0.29, 0.717) is 6.42 Å². The van der Waals surface area contributed by atoms with E-state index in [1.165, 1.54) is 50.5 Å². The fraction of sp³-hybridized carbons (Fsp3) is 0.677. The highest BCUT2D eigenvalue weighted by atomic mass is 16.5. The van der Waals surface area contributed by atoms with Crippen molar-refractivity contribution in [3.8, 4) is 0 Å². The van der Waals surface area contributed by atoms with Crippen LogP contribution in [0.1, 0.15) is 103 Å². The van der Waals surface area contributed by atoms with E-state index in [1.54, 1.807) is 11.1 Å². The topological polar surface area (TPSA) is 39.2 Å². The molecule has 0 aliphatic heterocycles. The highest BCUT2D eigenvalue weighted by Crippen LogP contribution is 2.66. The molecule has 6 atom stereocenters. The average molecular weight is 462 g/mol. The highest BCUT2D eigenvalue weighted by Gasteiger charge is 2.57. The van der Waals surface area contributed by atoms with E-state index in [4.69, 9.17) is 4.74 Å². The molecule has 4 aliphatic rings. The Labute approximate surface area is 206 Å². The fourth-order valence-corrected chi connectivity index (χ4v) is 8.21. The molecule has 0 N–H and O–H groups in total. The maximum atomic E-state index is 12.4. The zero-order valence-corrected chi connectivity index (χ0v) is 21.5. The second kappa shape index (κ2) is 9.63. The number of esters is 1. The smallest absolute Gasteiger partial charge is 0.306 e. The first-order chi connectivity index (χ1) is 16.5. The van der Waals surface area contributed by atoms with Gasteiger partial charge in [0.25, 0.3) is 0 Å². The summed E-state index contributed by atoms with van der Waals surface area (Å²) in [6.45, 7) is 7.26. The van der Waals surface area contributed by atoms with Crippen LogP contribution in [0, 0.1) is 28.6 Å². The second-order valence-corrected chi connectivity index (χ2v) is 12.0. The molecule has 0 bridgehead atoms. The van der Waals surface area contributed by atoms with Crippen LogP contribution in [0.2, 0.25) is 0 Å². The summed E-state index contributed by atoms with van der Waals surface area (Å²) in [5.41, 5.74) is 5.01. The van der Waals surface area contributed by atoms with Crippen LogP contribution in [-0.4, -0.2) is 17.1 Å². The van der Waals surface area contributed by atoms with Gasteiger partial charge in [-0.2, -0.15) is 0 Å². The number of carbonyl (C=O) groups is 1. The van der Waals surface area contributed by atoms with Crippen LogP contribution in [0.3, 0.4) is 0 Å². The van der Waals surface area contributed by atoms with E-state index >= 15 is 0 Å². The molecule has 0 spiro atoms. The predicted molar refractivity (Wildman–Crippen MR) is 138 cm³/mol. The van der Waals surface area contributed by atoms with Crippen molar-refractivity contribution in [2.24, 2.45) is 28.6 Å². The zero-order chi connectivity index (χ0) is 23.8. The highest BCUT2D eigenvalue weighted by molar-refractivity contribution is 5.72. The molecule has 184 valence electrons. The largest absolute Gasteiger partial charge is 0.462 e. The Kier molecular flexibility index (Phi) is 6.75. The standard InChI is InChI=1S/C31H43NO2/c1-4-5-6-7-10-29(33)34-24-15-17-30(2)23(20-24)11-12-25-27-14-13-26(22-9-8-19-32-21-22)31(27,3)18-16-28(25)30/h8-9,11,13,19,21,24-25,27-28H,4-7,10,12,14-18,20H2,1-3H3. The summed E-state index contributed by atoms with van der Waals surface area (Å²) in [5, 5.41) is 0. The molecule has 2 saturated carbocycles. The molecule has 3 heteroatoms. The van der Waals surface area contributed by atoms with E-state index < -0.39 is 0 Å². The zero-order valence-electron chi connectivity index (χ0n) is 21.5. The van der Waals surface area contributed by atoms with Gasteiger partial charge in [0.2, 0.25) is 0 Å². The summed E-state index contributed by atoms with van der Waals surface area (Å²) >= 11 is 0. The summed E-state index contributed by atoms with van der Waals surface area (Å²) in [6.07, 6.45) is 22.4. The van der Waals surface area contributed by atoms with Gasteiger partial charge in [-0.05, 0) is 90.7 Å².